The fraction of sp³-hybridized carbons (Fsp3) is 0.0500. The highest BCUT2D eigenvalue weighted by atomic mass is 79.9. The van der Waals surface area contributed by atoms with Crippen molar-refractivity contribution >= 4 is 215 Å². The van der Waals surface area contributed by atoms with Crippen molar-refractivity contribution in [3.8, 4) is 0 Å². The van der Waals surface area contributed by atoms with E-state index in [-0.39, 0.29) is 71.9 Å². The van der Waals surface area contributed by atoms with E-state index < -0.39 is 37.3 Å². The molecule has 0 amide bonds. The number of anilines is 12. The smallest absolute Gasteiger partial charge is 0.488 e. The highest BCUT2D eigenvalue weighted by Crippen LogP contribution is 2.45. The third kappa shape index (κ3) is 24.3. The van der Waals surface area contributed by atoms with Crippen LogP contribution in [0.15, 0.2) is 489 Å². The molecule has 0 aromatic heterocycles. The average molecular weight is 2110 g/mol. The number of carbonyl (C=O) groups is 8. The van der Waals surface area contributed by atoms with Gasteiger partial charge in [0.2, 0.25) is 28.9 Å². The summed E-state index contributed by atoms with van der Waals surface area (Å²) in [6.07, 6.45) is 0. The Kier molecular flexibility index (Phi) is 35.4. The molecule has 718 valence electrons. The lowest BCUT2D eigenvalue weighted by molar-refractivity contribution is -0.117. The Hall–Kier alpha value is -16.6. The summed E-state index contributed by atoms with van der Waals surface area (Å²) in [6, 6.07) is 136. The molecule has 4 aliphatic carbocycles. The van der Waals surface area contributed by atoms with Crippen LogP contribution in [-0.4, -0.2) is 105 Å². The summed E-state index contributed by atoms with van der Waals surface area (Å²) in [5, 5.41) is 56.9. The second-order valence-corrected chi connectivity index (χ2v) is 35.2. The fourth-order valence-corrected chi connectivity index (χ4v) is 17.8. The van der Waals surface area contributed by atoms with Crippen molar-refractivity contribution in [2.45, 2.75) is 27.7 Å². The average Bonchev–Trinajstić information content (AvgIpc) is 0.770. The fourth-order valence-electron chi connectivity index (χ4n) is 16.4. The maximum atomic E-state index is 13.5. The second kappa shape index (κ2) is 49.2. The van der Waals surface area contributed by atoms with E-state index in [1.165, 1.54) is 14.2 Å². The van der Waals surface area contributed by atoms with Gasteiger partial charge in [-0.1, -0.05) is 285 Å². The number of benzene rings is 15. The van der Waals surface area contributed by atoms with Gasteiger partial charge in [0, 0.05) is 102 Å². The summed E-state index contributed by atoms with van der Waals surface area (Å²) in [5.74, 6) is -4.11. The van der Waals surface area contributed by atoms with Gasteiger partial charge in [0.15, 0.2) is 40.4 Å². The zero-order valence-electron chi connectivity index (χ0n) is 79.3. The molecule has 19 rings (SSSR count). The third-order valence-electron chi connectivity index (χ3n) is 23.7. The zero-order chi connectivity index (χ0) is 103. The minimum absolute atomic E-state index is 0.0440. The van der Waals surface area contributed by atoms with Crippen molar-refractivity contribution < 1.29 is 78.1 Å². The predicted octanol–water partition coefficient (Wildman–Crippen LogP) is 24.7. The van der Waals surface area contributed by atoms with Crippen LogP contribution in [0.25, 0.3) is 27.9 Å². The van der Waals surface area contributed by atoms with Crippen molar-refractivity contribution in [3.05, 3.63) is 517 Å². The third-order valence-corrected chi connectivity index (χ3v) is 26.3. The summed E-state index contributed by atoms with van der Waals surface area (Å²) in [5.41, 5.74) is 18.0. The first-order valence-electron chi connectivity index (χ1n) is 45.7. The number of ether oxygens (including phenoxy) is 2. The van der Waals surface area contributed by atoms with Crippen molar-refractivity contribution in [2.24, 2.45) is 0 Å². The molecule has 0 unspecified atom stereocenters. The number of halogens is 3. The number of rotatable bonds is 21. The van der Waals surface area contributed by atoms with Crippen LogP contribution >= 0.6 is 47.8 Å². The number of aliphatic hydroxyl groups is 2. The topological polar surface area (TPSA) is 289 Å². The molecule has 0 radical (unpaired) electrons. The van der Waals surface area contributed by atoms with Gasteiger partial charge < -0.3 is 59.4 Å². The Morgan fingerprint density at radius 3 is 0.683 bits per heavy atom. The monoisotopic (exact) mass is 2110 g/mol. The number of hydrogen-bond acceptors (Lipinski definition) is 20. The first-order chi connectivity index (χ1) is 70.2. The first kappa shape index (κ1) is 104. The van der Waals surface area contributed by atoms with Crippen molar-refractivity contribution in [3.63, 3.8) is 0 Å². The van der Waals surface area contributed by atoms with Gasteiger partial charge in [-0.3, -0.25) is 38.4 Å². The van der Waals surface area contributed by atoms with E-state index in [9.17, 15) is 58.6 Å². The summed E-state index contributed by atoms with van der Waals surface area (Å²) < 4.78 is 11.1. The Bertz CT molecular complexity index is 7340. The minimum Gasteiger partial charge on any atom is -0.504 e. The van der Waals surface area contributed by atoms with Gasteiger partial charge in [0.1, 0.15) is 4.48 Å². The number of nitrogens with zero attached hydrogens (tertiary/aromatic N) is 4. The standard InChI is InChI=1S/C32H25NO3.C30H21NO4.C26H20BrNO2.C18H16BNO2.C8H6Br2O3.C6H7BO2/c1-22-28(23-12-6-3-7-13-23)31(35)32(36-2)29(30(22)34)24-18-20-27(21-19-24)33(25-14-8-4-9-15-25)26-16-10-5-11-17-26;32-27-25(20-10-4-1-5-11-20)28(33)30(35)26(29(27)34)21-16-18-24(19-17-21)31(22-12-6-2-7-13-22)23-14-8-3-9-15-23;1-17-23(25(29)18(2)24(27)26(17)30)19-13-15-22(16-14-19)28(20-9-5-3-6-10-20)21-11-7-4-8-12-21;21-19(22)15-11-13-18(14-12-15)20(16-7-3-1-4-8-16)17-9-5-2-6-10-17;1-3-4(9)7(12)8(13-2)5(10)6(3)11;8-7(9)6-4-2-1-3-5-6/h3-21H,1-2H3;1-19,32,35H;3-16H,1-2H3;1-14,21-22H;1-2H3;1-5,8-9H. The molecule has 20 nitrogen and oxygen atoms in total. The maximum absolute atomic E-state index is 13.5. The van der Waals surface area contributed by atoms with E-state index in [0.717, 1.165) is 73.8 Å². The van der Waals surface area contributed by atoms with Crippen LogP contribution < -0.4 is 30.5 Å². The number of methoxy groups -OCH3 is 2. The molecule has 0 aliphatic heterocycles. The number of ketones is 8. The van der Waals surface area contributed by atoms with Crippen LogP contribution in [0.5, 0.6) is 0 Å². The number of allylic oxidation sites excluding steroid dienone is 12. The van der Waals surface area contributed by atoms with E-state index in [1.54, 1.807) is 119 Å². The lowest BCUT2D eigenvalue weighted by atomic mass is 9.80. The molecule has 15 aromatic carbocycles. The van der Waals surface area contributed by atoms with Crippen LogP contribution in [0, 0.1) is 0 Å². The molecule has 0 heterocycles. The van der Waals surface area contributed by atoms with Gasteiger partial charge in [-0.05, 0) is 260 Å². The summed E-state index contributed by atoms with van der Waals surface area (Å²) in [4.78, 5) is 110. The van der Waals surface area contributed by atoms with Gasteiger partial charge in [-0.15, -0.1) is 0 Å². The van der Waals surface area contributed by atoms with Crippen LogP contribution in [-0.2, 0) is 47.8 Å². The Morgan fingerprint density at radius 1 is 0.200 bits per heavy atom. The number of hydrogen-bond donors (Lipinski definition) is 6. The van der Waals surface area contributed by atoms with Gasteiger partial charge in [-0.2, -0.15) is 0 Å². The second-order valence-electron chi connectivity index (χ2n) is 32.9. The van der Waals surface area contributed by atoms with Crippen LogP contribution in [0.3, 0.4) is 0 Å². The van der Waals surface area contributed by atoms with E-state index >= 15 is 0 Å². The van der Waals surface area contributed by atoms with Crippen molar-refractivity contribution in [1.29, 1.82) is 0 Å². The Morgan fingerprint density at radius 2 is 0.400 bits per heavy atom. The normalized spacial score (nSPS) is 13.5. The Balaban J connectivity index is 0.000000144. The summed E-state index contributed by atoms with van der Waals surface area (Å²) in [7, 11) is -0.00456. The highest BCUT2D eigenvalue weighted by Gasteiger charge is 2.39. The molecule has 0 bridgehead atoms. The highest BCUT2D eigenvalue weighted by molar-refractivity contribution is 9.12. The molecule has 6 N–H and O–H groups in total. The van der Waals surface area contributed by atoms with Crippen molar-refractivity contribution in [1.82, 2.24) is 0 Å². The minimum atomic E-state index is -1.45. The molecule has 0 saturated carbocycles. The number of aliphatic hydroxyl groups excluding tert-OH is 2. The number of Topliss-reactive ketones (excluding diaryl/α,β-unsaturated/α-hetero) is 8. The molecule has 0 fully saturated rings. The number of para-hydroxylation sites is 8. The Labute approximate surface area is 865 Å². The predicted molar refractivity (Wildman–Crippen MR) is 588 cm³/mol. The molecule has 145 heavy (non-hydrogen) atoms. The summed E-state index contributed by atoms with van der Waals surface area (Å²) in [6.45, 7) is 6.67. The van der Waals surface area contributed by atoms with Crippen LogP contribution in [0.1, 0.15) is 55.5 Å². The lowest BCUT2D eigenvalue weighted by Crippen LogP contribution is -2.29. The van der Waals surface area contributed by atoms with Crippen molar-refractivity contribution in [2.75, 3.05) is 33.8 Å². The SMILES string of the molecule is CC1=C(Br)C(=O)C(C)=C(c2ccc(N(c3ccccc3)c3ccccc3)cc2)C1=O.COC1=C(Br)C(=O)C(C)=C(Br)C1=O.COC1=C(c2ccc(N(c3ccccc3)c3ccccc3)cc2)C(=O)C(C)=C(c2ccccc2)C1=O.O=C1C(O)=C(c2ccc(N(c3ccccc3)c3ccccc3)cc2)C(=O)C(O)=C1c1ccccc1.OB(O)c1ccc(N(c2ccccc2)c2ccccc2)cc1.OB(O)c1ccccc1. The molecular formula is C120H95B2Br3N4O16. The molecule has 25 heteroatoms. The molecule has 0 spiro atoms. The molecule has 4 aliphatic rings. The van der Waals surface area contributed by atoms with E-state index in [2.05, 4.69) is 116 Å². The van der Waals surface area contributed by atoms with E-state index in [1.807, 2.05) is 291 Å². The quantitative estimate of drug-likeness (QED) is 0.0288. The van der Waals surface area contributed by atoms with Gasteiger partial charge in [-0.25, -0.2) is 0 Å². The van der Waals surface area contributed by atoms with Crippen LogP contribution in [0.2, 0.25) is 0 Å². The van der Waals surface area contributed by atoms with Gasteiger partial charge in [0.25, 0.3) is 0 Å². The largest absolute Gasteiger partial charge is 0.504 e. The van der Waals surface area contributed by atoms with E-state index in [4.69, 9.17) is 19.5 Å². The first-order valence-corrected chi connectivity index (χ1v) is 48.1. The van der Waals surface area contributed by atoms with Gasteiger partial charge >= 0.3 is 14.2 Å². The number of carbonyl (C=O) groups excluding carboxylic acids is 8. The lowest BCUT2D eigenvalue weighted by Gasteiger charge is -2.26. The van der Waals surface area contributed by atoms with Gasteiger partial charge in [0.05, 0.1) is 39.9 Å². The summed E-state index contributed by atoms with van der Waals surface area (Å²) >= 11 is 9.31. The maximum Gasteiger partial charge on any atom is 0.488 e. The van der Waals surface area contributed by atoms with Crippen LogP contribution in [0.4, 0.5) is 68.2 Å². The molecular weight excluding hydrogens is 2010 g/mol. The molecule has 15 aromatic rings. The van der Waals surface area contributed by atoms with E-state index in [0.29, 0.717) is 71.1 Å². The zero-order valence-corrected chi connectivity index (χ0v) is 84.1. The molecule has 0 saturated heterocycles. The molecule has 0 atom stereocenters.